The first-order valence-electron chi connectivity index (χ1n) is 11.9. The van der Waals surface area contributed by atoms with Gasteiger partial charge < -0.3 is 38.3 Å². The summed E-state index contributed by atoms with van der Waals surface area (Å²) in [5.41, 5.74) is 2.00. The van der Waals surface area contributed by atoms with E-state index in [9.17, 15) is 14.7 Å². The number of allylic oxidation sites excluding steroid dienone is 1. The van der Waals surface area contributed by atoms with Crippen LogP contribution in [0.5, 0.6) is 46.0 Å². The summed E-state index contributed by atoms with van der Waals surface area (Å²) in [6, 6.07) is 9.71. The highest BCUT2D eigenvalue weighted by Gasteiger charge is 2.39. The Balaban J connectivity index is 1.63. The number of methoxy groups -OCH3 is 5. The SMILES string of the molecule is COc1cc(OC)c(OC)cc1/C=C1\Oc2c(ccc3c2[C@@H](c2cc(OC)c(O)c(OC)c2)CC(=O)O3)C1=O. The molecule has 2 heterocycles. The van der Waals surface area contributed by atoms with E-state index in [4.69, 9.17) is 33.2 Å². The molecule has 0 radical (unpaired) electrons. The Kier molecular flexibility index (Phi) is 6.69. The van der Waals surface area contributed by atoms with E-state index in [2.05, 4.69) is 0 Å². The average molecular weight is 535 g/mol. The molecule has 10 heteroatoms. The van der Waals surface area contributed by atoms with Crippen molar-refractivity contribution < 1.29 is 47.9 Å². The summed E-state index contributed by atoms with van der Waals surface area (Å²) in [4.78, 5) is 26.0. The molecule has 2 aliphatic heterocycles. The predicted molar refractivity (Wildman–Crippen MR) is 139 cm³/mol. The molecule has 0 unspecified atom stereocenters. The highest BCUT2D eigenvalue weighted by Crippen LogP contribution is 2.51. The lowest BCUT2D eigenvalue weighted by molar-refractivity contribution is -0.135. The van der Waals surface area contributed by atoms with Crippen molar-refractivity contribution in [3.8, 4) is 46.0 Å². The van der Waals surface area contributed by atoms with Crippen LogP contribution >= 0.6 is 0 Å². The molecule has 0 saturated carbocycles. The third kappa shape index (κ3) is 4.33. The Labute approximate surface area is 224 Å². The van der Waals surface area contributed by atoms with Crippen LogP contribution < -0.4 is 33.2 Å². The molecule has 0 aliphatic carbocycles. The standard InChI is InChI=1S/C29H26O10/c1-33-19-13-21(35-3)20(34-2)10-15(19)11-24-27(31)16-6-7-18-26(29(16)39-24)17(12-25(30)38-18)14-8-22(36-4)28(32)23(9-14)37-5/h6-11,13,17,32H,12H2,1-5H3/b24-11-/t17-/m1/s1. The van der Waals surface area contributed by atoms with Crippen molar-refractivity contribution in [1.29, 1.82) is 0 Å². The number of fused-ring (bicyclic) bond motifs is 3. The van der Waals surface area contributed by atoms with Crippen LogP contribution in [0.1, 0.15) is 39.4 Å². The van der Waals surface area contributed by atoms with Gasteiger partial charge in [-0.3, -0.25) is 9.59 Å². The summed E-state index contributed by atoms with van der Waals surface area (Å²) in [5.74, 6) is 0.810. The molecule has 1 atom stereocenters. The maximum absolute atomic E-state index is 13.4. The van der Waals surface area contributed by atoms with Crippen molar-refractivity contribution in [1.82, 2.24) is 0 Å². The molecule has 0 aromatic heterocycles. The molecule has 0 fully saturated rings. The second kappa shape index (κ2) is 10.1. The molecule has 3 aromatic rings. The van der Waals surface area contributed by atoms with Crippen LogP contribution in [0.25, 0.3) is 6.08 Å². The minimum atomic E-state index is -0.567. The van der Waals surface area contributed by atoms with Gasteiger partial charge in [0.15, 0.2) is 28.8 Å². The van der Waals surface area contributed by atoms with Gasteiger partial charge in [0, 0.05) is 23.1 Å². The lowest BCUT2D eigenvalue weighted by Crippen LogP contribution is -2.21. The van der Waals surface area contributed by atoms with Crippen LogP contribution in [0.15, 0.2) is 42.2 Å². The number of ether oxygens (including phenoxy) is 7. The van der Waals surface area contributed by atoms with Crippen molar-refractivity contribution in [2.75, 3.05) is 35.5 Å². The number of hydrogen-bond acceptors (Lipinski definition) is 10. The summed E-state index contributed by atoms with van der Waals surface area (Å²) in [6.45, 7) is 0. The van der Waals surface area contributed by atoms with E-state index >= 15 is 0 Å². The van der Waals surface area contributed by atoms with E-state index in [1.807, 2.05) is 0 Å². The minimum Gasteiger partial charge on any atom is -0.502 e. The summed E-state index contributed by atoms with van der Waals surface area (Å²) in [5, 5.41) is 10.4. The molecular weight excluding hydrogens is 508 g/mol. The minimum absolute atomic E-state index is 0.0271. The average Bonchev–Trinajstić information content (AvgIpc) is 3.26. The van der Waals surface area contributed by atoms with E-state index in [0.717, 1.165) is 0 Å². The number of rotatable bonds is 7. The summed E-state index contributed by atoms with van der Waals surface area (Å²) in [6.07, 6.45) is 1.53. The first-order chi connectivity index (χ1) is 18.8. The Bertz CT molecular complexity index is 1500. The maximum atomic E-state index is 13.4. The van der Waals surface area contributed by atoms with Gasteiger partial charge in [-0.25, -0.2) is 0 Å². The Hall–Kier alpha value is -4.86. The smallest absolute Gasteiger partial charge is 0.312 e. The Morgan fingerprint density at radius 2 is 1.41 bits per heavy atom. The van der Waals surface area contributed by atoms with Crippen molar-refractivity contribution in [2.24, 2.45) is 0 Å². The first kappa shape index (κ1) is 25.8. The number of benzene rings is 3. The summed E-state index contributed by atoms with van der Waals surface area (Å²) >= 11 is 0. The zero-order valence-electron chi connectivity index (χ0n) is 21.9. The molecule has 3 aromatic carbocycles. The number of Topliss-reactive ketones (excluding diaryl/α,β-unsaturated/α-hetero) is 1. The lowest BCUT2D eigenvalue weighted by atomic mass is 9.84. The van der Waals surface area contributed by atoms with E-state index in [0.29, 0.717) is 39.5 Å². The third-order valence-corrected chi connectivity index (χ3v) is 6.71. The molecule has 10 nitrogen and oxygen atoms in total. The Morgan fingerprint density at radius 3 is 2.03 bits per heavy atom. The largest absolute Gasteiger partial charge is 0.502 e. The van der Waals surface area contributed by atoms with E-state index in [-0.39, 0.29) is 46.7 Å². The highest BCUT2D eigenvalue weighted by molar-refractivity contribution is 6.15. The van der Waals surface area contributed by atoms with E-state index < -0.39 is 11.9 Å². The molecule has 0 bridgehead atoms. The number of carbonyl (C=O) groups excluding carboxylic acids is 2. The highest BCUT2D eigenvalue weighted by atomic mass is 16.5. The number of carbonyl (C=O) groups is 2. The fourth-order valence-corrected chi connectivity index (χ4v) is 4.81. The molecule has 0 saturated heterocycles. The maximum Gasteiger partial charge on any atom is 0.312 e. The van der Waals surface area contributed by atoms with E-state index in [1.165, 1.54) is 35.5 Å². The molecule has 202 valence electrons. The van der Waals surface area contributed by atoms with Crippen molar-refractivity contribution in [3.63, 3.8) is 0 Å². The molecule has 0 amide bonds. The summed E-state index contributed by atoms with van der Waals surface area (Å²) < 4.78 is 38.5. The zero-order valence-corrected chi connectivity index (χ0v) is 21.9. The lowest BCUT2D eigenvalue weighted by Gasteiger charge is -2.27. The summed E-state index contributed by atoms with van der Waals surface area (Å²) in [7, 11) is 7.36. The van der Waals surface area contributed by atoms with Gasteiger partial charge >= 0.3 is 5.97 Å². The fraction of sp³-hybridized carbons (Fsp3) is 0.241. The van der Waals surface area contributed by atoms with Crippen LogP contribution in [-0.4, -0.2) is 52.4 Å². The molecule has 0 spiro atoms. The molecule has 5 rings (SSSR count). The van der Waals surface area contributed by atoms with Crippen LogP contribution in [0.4, 0.5) is 0 Å². The second-order valence-electron chi connectivity index (χ2n) is 8.75. The van der Waals surface area contributed by atoms with Crippen LogP contribution in [-0.2, 0) is 4.79 Å². The molecular formula is C29H26O10. The van der Waals surface area contributed by atoms with Gasteiger partial charge in [-0.15, -0.1) is 0 Å². The molecule has 1 N–H and O–H groups in total. The number of phenolic OH excluding ortho intramolecular Hbond substituents is 1. The number of hydrogen-bond donors (Lipinski definition) is 1. The second-order valence-corrected chi connectivity index (χ2v) is 8.75. The zero-order chi connectivity index (χ0) is 27.8. The van der Waals surface area contributed by atoms with Gasteiger partial charge in [0.2, 0.25) is 11.5 Å². The van der Waals surface area contributed by atoms with Gasteiger partial charge in [-0.2, -0.15) is 0 Å². The van der Waals surface area contributed by atoms with Crippen molar-refractivity contribution in [2.45, 2.75) is 12.3 Å². The van der Waals surface area contributed by atoms with Gasteiger partial charge in [-0.1, -0.05) is 0 Å². The predicted octanol–water partition coefficient (Wildman–Crippen LogP) is 4.49. The monoisotopic (exact) mass is 534 g/mol. The van der Waals surface area contributed by atoms with E-state index in [1.54, 1.807) is 42.5 Å². The Morgan fingerprint density at radius 1 is 0.795 bits per heavy atom. The van der Waals surface area contributed by atoms with Crippen LogP contribution in [0, 0.1) is 0 Å². The van der Waals surface area contributed by atoms with Gasteiger partial charge in [0.25, 0.3) is 0 Å². The van der Waals surface area contributed by atoms with Gasteiger partial charge in [0.05, 0.1) is 47.5 Å². The quantitative estimate of drug-likeness (QED) is 0.264. The van der Waals surface area contributed by atoms with Gasteiger partial charge in [0.1, 0.15) is 17.2 Å². The number of ketones is 1. The molecule has 39 heavy (non-hydrogen) atoms. The number of phenols is 1. The third-order valence-electron chi connectivity index (χ3n) is 6.71. The van der Waals surface area contributed by atoms with Crippen molar-refractivity contribution in [3.05, 3.63) is 64.4 Å². The topological polar surface area (TPSA) is 119 Å². The van der Waals surface area contributed by atoms with Crippen LogP contribution in [0.3, 0.4) is 0 Å². The van der Waals surface area contributed by atoms with Crippen LogP contribution in [0.2, 0.25) is 0 Å². The number of aromatic hydroxyl groups is 1. The fourth-order valence-electron chi connectivity index (χ4n) is 4.81. The van der Waals surface area contributed by atoms with Gasteiger partial charge in [-0.05, 0) is 42.0 Å². The molecule has 2 aliphatic rings. The normalized spacial score (nSPS) is 16.6. The first-order valence-corrected chi connectivity index (χ1v) is 11.9. The van der Waals surface area contributed by atoms with Crippen molar-refractivity contribution >= 4 is 17.8 Å². The number of esters is 1.